The van der Waals surface area contributed by atoms with Crippen molar-refractivity contribution < 1.29 is 27.8 Å². The zero-order valence-corrected chi connectivity index (χ0v) is 19.3. The Hall–Kier alpha value is -1.95. The molecular weight excluding hydrogens is 508 g/mol. The van der Waals surface area contributed by atoms with E-state index in [0.717, 1.165) is 17.6 Å². The van der Waals surface area contributed by atoms with Gasteiger partial charge in [0, 0.05) is 11.8 Å². The molecule has 0 bridgehead atoms. The highest BCUT2D eigenvalue weighted by Crippen LogP contribution is 2.45. The van der Waals surface area contributed by atoms with Gasteiger partial charge in [0.1, 0.15) is 10.6 Å². The monoisotopic (exact) mass is 520 g/mol. The third kappa shape index (κ3) is 4.04. The van der Waals surface area contributed by atoms with Gasteiger partial charge in [-0.2, -0.15) is 0 Å². The molecule has 3 rings (SSSR count). The van der Waals surface area contributed by atoms with Crippen LogP contribution in [0.15, 0.2) is 21.8 Å². The number of esters is 1. The Labute approximate surface area is 183 Å². The summed E-state index contributed by atoms with van der Waals surface area (Å²) < 4.78 is 35.0. The van der Waals surface area contributed by atoms with Crippen molar-refractivity contribution in [2.24, 2.45) is 0 Å². The van der Waals surface area contributed by atoms with Crippen molar-refractivity contribution in [3.63, 3.8) is 0 Å². The van der Waals surface area contributed by atoms with Crippen LogP contribution in [-0.2, 0) is 14.6 Å². The molecule has 12 heteroatoms. The number of thiophene rings is 1. The van der Waals surface area contributed by atoms with Gasteiger partial charge in [0.15, 0.2) is 10.6 Å². The summed E-state index contributed by atoms with van der Waals surface area (Å²) >= 11 is 10.5. The van der Waals surface area contributed by atoms with Gasteiger partial charge in [-0.05, 0) is 35.0 Å². The lowest BCUT2D eigenvalue weighted by Gasteiger charge is -2.11. The van der Waals surface area contributed by atoms with Gasteiger partial charge in [-0.25, -0.2) is 23.2 Å². The molecule has 0 aliphatic rings. The number of methoxy groups -OCH3 is 1. The van der Waals surface area contributed by atoms with Gasteiger partial charge in [-0.3, -0.25) is 0 Å². The number of hydrogen-bond acceptors (Lipinski definition) is 9. The SMILES string of the molecule is CCOC(=O)c1sc2nc(S(C)(=O)=O)nc(-c3cc(OC)c(Br)cc3Cl)c2c1O. The maximum atomic E-state index is 12.2. The van der Waals surface area contributed by atoms with E-state index in [0.29, 0.717) is 15.8 Å². The molecule has 29 heavy (non-hydrogen) atoms. The molecule has 1 aromatic carbocycles. The lowest BCUT2D eigenvalue weighted by atomic mass is 10.1. The zero-order chi connectivity index (χ0) is 21.5. The second-order valence-electron chi connectivity index (χ2n) is 5.77. The molecule has 2 aromatic heterocycles. The van der Waals surface area contributed by atoms with Crippen LogP contribution < -0.4 is 4.74 Å². The van der Waals surface area contributed by atoms with Crippen LogP contribution in [0.2, 0.25) is 5.02 Å². The van der Waals surface area contributed by atoms with Gasteiger partial charge in [-0.1, -0.05) is 11.6 Å². The molecule has 0 radical (unpaired) electrons. The number of carbonyl (C=O) groups is 1. The molecule has 0 atom stereocenters. The predicted molar refractivity (Wildman–Crippen MR) is 113 cm³/mol. The Kier molecular flexibility index (Phi) is 6.04. The fourth-order valence-electron chi connectivity index (χ4n) is 2.53. The van der Waals surface area contributed by atoms with Crippen LogP contribution >= 0.6 is 38.9 Å². The first-order chi connectivity index (χ1) is 13.6. The molecule has 0 amide bonds. The van der Waals surface area contributed by atoms with Gasteiger partial charge in [-0.15, -0.1) is 11.3 Å². The number of nitrogens with zero attached hydrogens (tertiary/aromatic N) is 2. The normalized spacial score (nSPS) is 11.6. The van der Waals surface area contributed by atoms with Crippen molar-refractivity contribution in [2.45, 2.75) is 12.1 Å². The van der Waals surface area contributed by atoms with Gasteiger partial charge >= 0.3 is 5.97 Å². The maximum absolute atomic E-state index is 12.2. The summed E-state index contributed by atoms with van der Waals surface area (Å²) in [7, 11) is -2.34. The minimum Gasteiger partial charge on any atom is -0.505 e. The summed E-state index contributed by atoms with van der Waals surface area (Å²) in [4.78, 5) is 20.3. The summed E-state index contributed by atoms with van der Waals surface area (Å²) in [6.45, 7) is 1.73. The van der Waals surface area contributed by atoms with E-state index in [9.17, 15) is 18.3 Å². The van der Waals surface area contributed by atoms with Crippen LogP contribution in [0.5, 0.6) is 11.5 Å². The molecule has 0 aliphatic carbocycles. The number of carbonyl (C=O) groups excluding carboxylic acids is 1. The number of aromatic nitrogens is 2. The van der Waals surface area contributed by atoms with Crippen molar-refractivity contribution in [1.29, 1.82) is 0 Å². The Morgan fingerprint density at radius 1 is 1.34 bits per heavy atom. The van der Waals surface area contributed by atoms with Crippen LogP contribution in [-0.4, -0.2) is 49.4 Å². The first kappa shape index (κ1) is 21.8. The summed E-state index contributed by atoms with van der Waals surface area (Å²) in [5.41, 5.74) is 0.350. The van der Waals surface area contributed by atoms with Crippen molar-refractivity contribution >= 4 is 64.9 Å². The smallest absolute Gasteiger partial charge is 0.352 e. The van der Waals surface area contributed by atoms with Gasteiger partial charge in [0.25, 0.3) is 0 Å². The van der Waals surface area contributed by atoms with E-state index >= 15 is 0 Å². The second kappa shape index (κ2) is 8.05. The number of fused-ring (bicyclic) bond motifs is 1. The van der Waals surface area contributed by atoms with Crippen LogP contribution in [0.3, 0.4) is 0 Å². The molecule has 2 heterocycles. The van der Waals surface area contributed by atoms with Gasteiger partial charge < -0.3 is 14.6 Å². The van der Waals surface area contributed by atoms with E-state index in [4.69, 9.17) is 21.1 Å². The highest BCUT2D eigenvalue weighted by Gasteiger charge is 2.27. The van der Waals surface area contributed by atoms with E-state index < -0.39 is 26.7 Å². The van der Waals surface area contributed by atoms with E-state index in [1.807, 2.05) is 0 Å². The molecule has 0 fully saturated rings. The molecule has 0 aliphatic heterocycles. The highest BCUT2D eigenvalue weighted by molar-refractivity contribution is 9.10. The number of halogens is 2. The number of benzene rings is 1. The Bertz CT molecular complexity index is 1240. The van der Waals surface area contributed by atoms with Crippen molar-refractivity contribution in [1.82, 2.24) is 9.97 Å². The van der Waals surface area contributed by atoms with Crippen molar-refractivity contribution in [3.05, 3.63) is 26.5 Å². The minimum absolute atomic E-state index is 0.0514. The zero-order valence-electron chi connectivity index (χ0n) is 15.3. The quantitative estimate of drug-likeness (QED) is 0.395. The molecule has 0 spiro atoms. The molecule has 1 N–H and O–H groups in total. The van der Waals surface area contributed by atoms with E-state index in [-0.39, 0.29) is 32.4 Å². The summed E-state index contributed by atoms with van der Waals surface area (Å²) in [5.74, 6) is -0.742. The van der Waals surface area contributed by atoms with Crippen molar-refractivity contribution in [2.75, 3.05) is 20.0 Å². The largest absolute Gasteiger partial charge is 0.505 e. The van der Waals surface area contributed by atoms with Crippen LogP contribution in [0.1, 0.15) is 16.6 Å². The fourth-order valence-corrected chi connectivity index (χ4v) is 4.95. The molecule has 0 unspecified atom stereocenters. The first-order valence-electron chi connectivity index (χ1n) is 8.02. The summed E-state index contributed by atoms with van der Waals surface area (Å²) in [6, 6.07) is 3.10. The molecule has 3 aromatic rings. The number of sulfone groups is 1. The number of aromatic hydroxyl groups is 1. The topological polar surface area (TPSA) is 116 Å². The van der Waals surface area contributed by atoms with Crippen molar-refractivity contribution in [3.8, 4) is 22.8 Å². The molecule has 8 nitrogen and oxygen atoms in total. The minimum atomic E-state index is -3.79. The molecule has 154 valence electrons. The second-order valence-corrected chi connectivity index (χ2v) is 9.94. The lowest BCUT2D eigenvalue weighted by Crippen LogP contribution is -2.05. The highest BCUT2D eigenvalue weighted by atomic mass is 79.9. The average Bonchev–Trinajstić information content (AvgIpc) is 2.98. The standard InChI is InChI=1S/C17H14BrClN2O6S2/c1-4-27-16(23)14-13(22)11-12(7-5-10(26-2)8(18)6-9(7)19)20-17(29(3,24)25)21-15(11)28-14/h5-6,22H,4H2,1-3H3. The summed E-state index contributed by atoms with van der Waals surface area (Å²) in [6.07, 6.45) is 0.960. The average molecular weight is 522 g/mol. The number of ether oxygens (including phenoxy) is 2. The van der Waals surface area contributed by atoms with E-state index in [1.165, 1.54) is 7.11 Å². The van der Waals surface area contributed by atoms with E-state index in [2.05, 4.69) is 25.9 Å². The summed E-state index contributed by atoms with van der Waals surface area (Å²) in [5, 5.41) is 10.5. The fraction of sp³-hybridized carbons (Fsp3) is 0.235. The molecular formula is C17H14BrClN2O6S2. The third-order valence-corrected chi connectivity index (χ3v) is 6.63. The third-order valence-electron chi connectivity index (χ3n) is 3.79. The Balaban J connectivity index is 2.43. The number of hydrogen-bond donors (Lipinski definition) is 1. The van der Waals surface area contributed by atoms with Gasteiger partial charge in [0.05, 0.1) is 34.3 Å². The maximum Gasteiger partial charge on any atom is 0.352 e. The van der Waals surface area contributed by atoms with Crippen LogP contribution in [0.25, 0.3) is 21.5 Å². The first-order valence-corrected chi connectivity index (χ1v) is 11.9. The number of rotatable bonds is 5. The Morgan fingerprint density at radius 3 is 2.62 bits per heavy atom. The predicted octanol–water partition coefficient (Wildman–Crippen LogP) is 4.07. The van der Waals surface area contributed by atoms with Crippen LogP contribution in [0.4, 0.5) is 0 Å². The van der Waals surface area contributed by atoms with Crippen LogP contribution in [0, 0.1) is 0 Å². The Morgan fingerprint density at radius 2 is 2.03 bits per heavy atom. The van der Waals surface area contributed by atoms with E-state index in [1.54, 1.807) is 19.1 Å². The lowest BCUT2D eigenvalue weighted by molar-refractivity contribution is 0.0529. The van der Waals surface area contributed by atoms with Gasteiger partial charge in [0.2, 0.25) is 15.0 Å². The molecule has 0 saturated carbocycles. The molecule has 0 saturated heterocycles.